The third-order valence-corrected chi connectivity index (χ3v) is 5.09. The van der Waals surface area contributed by atoms with Crippen LogP contribution in [-0.4, -0.2) is 66.3 Å². The molecule has 1 aliphatic rings. The second kappa shape index (κ2) is 7.91. The predicted octanol–water partition coefficient (Wildman–Crippen LogP) is -0.0170. The normalized spacial score (nSPS) is 24.3. The van der Waals surface area contributed by atoms with Gasteiger partial charge in [-0.2, -0.15) is 0 Å². The van der Waals surface area contributed by atoms with Gasteiger partial charge in [-0.05, 0) is 18.9 Å². The summed E-state index contributed by atoms with van der Waals surface area (Å²) in [6.07, 6.45) is -2.34. The quantitative estimate of drug-likeness (QED) is 0.384. The number of nitrogen functional groups attached to an aromatic ring is 1. The van der Waals surface area contributed by atoms with Gasteiger partial charge < -0.3 is 31.1 Å². The van der Waals surface area contributed by atoms with E-state index in [-0.39, 0.29) is 5.82 Å². The van der Waals surface area contributed by atoms with Gasteiger partial charge >= 0.3 is 0 Å². The summed E-state index contributed by atoms with van der Waals surface area (Å²) < 4.78 is 7.23. The minimum absolute atomic E-state index is 0.196. The molecule has 0 saturated carbocycles. The minimum Gasteiger partial charge on any atom is -0.394 e. The van der Waals surface area contributed by atoms with Crippen LogP contribution in [-0.2, 0) is 11.2 Å². The fourth-order valence-electron chi connectivity index (χ4n) is 3.46. The van der Waals surface area contributed by atoms with E-state index in [1.807, 2.05) is 6.92 Å². The highest BCUT2D eigenvalue weighted by molar-refractivity contribution is 5.84. The largest absolute Gasteiger partial charge is 0.394 e. The average Bonchev–Trinajstić information content (AvgIpc) is 3.22. The van der Waals surface area contributed by atoms with E-state index in [2.05, 4.69) is 44.5 Å². The number of nitrogens with one attached hydrogen (secondary N) is 1. The molecule has 29 heavy (non-hydrogen) atoms. The molecule has 3 aromatic rings. The Bertz CT molecular complexity index is 992. The number of fused-ring (bicyclic) bond motifs is 1. The highest BCUT2D eigenvalue weighted by Gasteiger charge is 2.45. The number of benzene rings is 1. The molecule has 0 radical (unpaired) electrons. The van der Waals surface area contributed by atoms with Crippen LogP contribution in [0.5, 0.6) is 0 Å². The molecule has 0 amide bonds. The molecule has 0 spiro atoms. The van der Waals surface area contributed by atoms with Crippen LogP contribution in [0.25, 0.3) is 11.2 Å². The first kappa shape index (κ1) is 19.5. The number of aryl methyl sites for hydroxylation is 1. The molecule has 4 atom stereocenters. The lowest BCUT2D eigenvalue weighted by molar-refractivity contribution is -0.0501. The van der Waals surface area contributed by atoms with E-state index < -0.39 is 31.1 Å². The molecular weight excluding hydrogens is 376 g/mol. The van der Waals surface area contributed by atoms with Crippen molar-refractivity contribution in [3.63, 3.8) is 0 Å². The Morgan fingerprint density at radius 3 is 2.62 bits per heavy atom. The number of aliphatic hydroxyl groups excluding tert-OH is 3. The fourth-order valence-corrected chi connectivity index (χ4v) is 3.46. The van der Waals surface area contributed by atoms with Crippen LogP contribution in [0.3, 0.4) is 0 Å². The number of rotatable bonds is 6. The van der Waals surface area contributed by atoms with Gasteiger partial charge in [0.1, 0.15) is 24.6 Å². The molecule has 10 nitrogen and oxygen atoms in total. The van der Waals surface area contributed by atoms with Crippen molar-refractivity contribution in [2.45, 2.75) is 37.9 Å². The van der Waals surface area contributed by atoms with Crippen LogP contribution in [0, 0.1) is 6.92 Å². The zero-order valence-corrected chi connectivity index (χ0v) is 15.9. The molecule has 2 unspecified atom stereocenters. The van der Waals surface area contributed by atoms with Crippen molar-refractivity contribution in [3.05, 3.63) is 41.7 Å². The van der Waals surface area contributed by atoms with Gasteiger partial charge in [-0.15, -0.1) is 0 Å². The van der Waals surface area contributed by atoms with Gasteiger partial charge in [0, 0.05) is 6.54 Å². The fraction of sp³-hybridized carbons (Fsp3) is 0.421. The second-order valence-electron chi connectivity index (χ2n) is 7.13. The molecule has 0 aliphatic carbocycles. The number of hydrogen-bond acceptors (Lipinski definition) is 9. The number of nitrogens with two attached hydrogens (primary N) is 1. The van der Waals surface area contributed by atoms with Crippen molar-refractivity contribution in [2.24, 2.45) is 0 Å². The average molecular weight is 400 g/mol. The maximum atomic E-state index is 10.5. The molecule has 1 aliphatic heterocycles. The third-order valence-electron chi connectivity index (χ3n) is 5.09. The molecule has 154 valence electrons. The summed E-state index contributed by atoms with van der Waals surface area (Å²) in [4.78, 5) is 12.7. The van der Waals surface area contributed by atoms with E-state index in [0.717, 1.165) is 12.0 Å². The Morgan fingerprint density at radius 2 is 1.93 bits per heavy atom. The van der Waals surface area contributed by atoms with Gasteiger partial charge in [-0.1, -0.05) is 29.8 Å². The molecule has 10 heteroatoms. The third kappa shape index (κ3) is 3.62. The molecule has 6 N–H and O–H groups in total. The lowest BCUT2D eigenvalue weighted by atomic mass is 10.1. The first-order chi connectivity index (χ1) is 14.0. The van der Waals surface area contributed by atoms with E-state index in [1.165, 1.54) is 11.9 Å². The molecule has 4 rings (SSSR count). The molecule has 1 aromatic carbocycles. The molecular formula is C19H24N6O4. The molecule has 0 bridgehead atoms. The van der Waals surface area contributed by atoms with E-state index in [1.54, 1.807) is 4.57 Å². The number of hydrogen-bond donors (Lipinski definition) is 5. The monoisotopic (exact) mass is 400 g/mol. The van der Waals surface area contributed by atoms with Crippen molar-refractivity contribution in [1.82, 2.24) is 19.5 Å². The Morgan fingerprint density at radius 1 is 1.17 bits per heavy atom. The van der Waals surface area contributed by atoms with E-state index in [0.29, 0.717) is 23.7 Å². The van der Waals surface area contributed by atoms with Gasteiger partial charge in [-0.25, -0.2) is 15.0 Å². The first-order valence-corrected chi connectivity index (χ1v) is 9.40. The maximum absolute atomic E-state index is 10.5. The standard InChI is InChI=1S/C19H24N6O4/c1-10-2-4-11(5-3-10)6-7-21-19-24-13-16(20)22-9-23-17(13)25(19)18-15(28)14(27)12(8-26)29-18/h2-5,9,12,14-15,18,26-28H,6-8H2,1H3,(H,21,24)(H2,20,22,23)/t12-,14?,15?,18-/m1/s1. The van der Waals surface area contributed by atoms with Crippen molar-refractivity contribution < 1.29 is 20.1 Å². The van der Waals surface area contributed by atoms with Gasteiger partial charge in [0.2, 0.25) is 5.95 Å². The molecule has 1 fully saturated rings. The number of aliphatic hydroxyl groups is 3. The van der Waals surface area contributed by atoms with Crippen LogP contribution < -0.4 is 11.1 Å². The number of nitrogens with zero attached hydrogens (tertiary/aromatic N) is 4. The van der Waals surface area contributed by atoms with Crippen molar-refractivity contribution >= 4 is 22.9 Å². The summed E-state index contributed by atoms with van der Waals surface area (Å²) in [7, 11) is 0. The summed E-state index contributed by atoms with van der Waals surface area (Å²) in [5.74, 6) is 0.580. The molecule has 2 aromatic heterocycles. The summed E-state index contributed by atoms with van der Waals surface area (Å²) in [5, 5.41) is 33.3. The Balaban J connectivity index is 1.63. The first-order valence-electron chi connectivity index (χ1n) is 9.40. The van der Waals surface area contributed by atoms with Crippen molar-refractivity contribution in [1.29, 1.82) is 0 Å². The van der Waals surface area contributed by atoms with Gasteiger partial charge in [0.15, 0.2) is 23.2 Å². The summed E-state index contributed by atoms with van der Waals surface area (Å²) in [6.45, 7) is 2.18. The number of aromatic nitrogens is 4. The van der Waals surface area contributed by atoms with Crippen LogP contribution in [0.4, 0.5) is 11.8 Å². The second-order valence-corrected chi connectivity index (χ2v) is 7.13. The summed E-state index contributed by atoms with van der Waals surface area (Å²) in [6, 6.07) is 8.24. The van der Waals surface area contributed by atoms with Crippen molar-refractivity contribution in [2.75, 3.05) is 24.2 Å². The van der Waals surface area contributed by atoms with Gasteiger partial charge in [0.25, 0.3) is 0 Å². The van der Waals surface area contributed by atoms with E-state index >= 15 is 0 Å². The summed E-state index contributed by atoms with van der Waals surface area (Å²) >= 11 is 0. The van der Waals surface area contributed by atoms with Crippen molar-refractivity contribution in [3.8, 4) is 0 Å². The van der Waals surface area contributed by atoms with Crippen LogP contribution in [0.15, 0.2) is 30.6 Å². The zero-order chi connectivity index (χ0) is 20.5. The Kier molecular flexibility index (Phi) is 5.33. The predicted molar refractivity (Wildman–Crippen MR) is 106 cm³/mol. The summed E-state index contributed by atoms with van der Waals surface area (Å²) in [5.41, 5.74) is 9.03. The number of imidazole rings is 1. The van der Waals surface area contributed by atoms with E-state index in [4.69, 9.17) is 10.5 Å². The van der Waals surface area contributed by atoms with Crippen LogP contribution >= 0.6 is 0 Å². The van der Waals surface area contributed by atoms with E-state index in [9.17, 15) is 15.3 Å². The zero-order valence-electron chi connectivity index (χ0n) is 15.9. The molecule has 3 heterocycles. The number of ether oxygens (including phenoxy) is 1. The van der Waals surface area contributed by atoms with Gasteiger partial charge in [-0.3, -0.25) is 4.57 Å². The lowest BCUT2D eigenvalue weighted by Gasteiger charge is -2.19. The topological polar surface area (TPSA) is 152 Å². The Hall–Kier alpha value is -2.79. The molecule has 1 saturated heterocycles. The maximum Gasteiger partial charge on any atom is 0.207 e. The lowest BCUT2D eigenvalue weighted by Crippen LogP contribution is -2.33. The highest BCUT2D eigenvalue weighted by Crippen LogP contribution is 2.35. The van der Waals surface area contributed by atoms with Crippen LogP contribution in [0.1, 0.15) is 17.4 Å². The smallest absolute Gasteiger partial charge is 0.207 e. The van der Waals surface area contributed by atoms with Crippen LogP contribution in [0.2, 0.25) is 0 Å². The number of anilines is 2. The Labute approximate surface area is 167 Å². The SMILES string of the molecule is Cc1ccc(CCNc2nc3c(N)ncnc3n2[C@@H]2O[C@H](CO)C(O)C2O)cc1. The van der Waals surface area contributed by atoms with Gasteiger partial charge in [0.05, 0.1) is 6.61 Å². The minimum atomic E-state index is -1.27. The highest BCUT2D eigenvalue weighted by atomic mass is 16.6.